The highest BCUT2D eigenvalue weighted by Crippen LogP contribution is 2.30. The zero-order valence-electron chi connectivity index (χ0n) is 11.3. The van der Waals surface area contributed by atoms with Gasteiger partial charge >= 0.3 is 0 Å². The number of hydrogen-bond acceptors (Lipinski definition) is 3. The maximum absolute atomic E-state index is 13.6. The van der Waals surface area contributed by atoms with E-state index in [1.54, 1.807) is 0 Å². The molecule has 1 aliphatic carbocycles. The summed E-state index contributed by atoms with van der Waals surface area (Å²) in [6.45, 7) is 0. The molecule has 0 saturated heterocycles. The molecule has 0 spiro atoms. The van der Waals surface area contributed by atoms with Crippen molar-refractivity contribution < 1.29 is 26.0 Å². The number of halogens is 4. The minimum absolute atomic E-state index is 0.135. The largest absolute Gasteiger partial charge is 0.377 e. The van der Waals surface area contributed by atoms with Gasteiger partial charge in [-0.1, -0.05) is 6.42 Å². The van der Waals surface area contributed by atoms with Crippen molar-refractivity contribution in [1.82, 2.24) is 0 Å². The Hall–Kier alpha value is -1.31. The maximum Gasteiger partial charge on any atom is 0.185 e. The van der Waals surface area contributed by atoms with Crippen molar-refractivity contribution in [1.29, 1.82) is 0 Å². The second-order valence-electron chi connectivity index (χ2n) is 5.30. The molecule has 1 aromatic rings. The average Bonchev–Trinajstić information content (AvgIpc) is 2.41. The van der Waals surface area contributed by atoms with E-state index in [4.69, 9.17) is 0 Å². The van der Waals surface area contributed by atoms with Gasteiger partial charge in [0.15, 0.2) is 23.3 Å². The molecule has 1 N–H and O–H groups in total. The van der Waals surface area contributed by atoms with Crippen LogP contribution in [0, 0.1) is 23.3 Å². The van der Waals surface area contributed by atoms with E-state index in [-0.39, 0.29) is 12.5 Å². The van der Waals surface area contributed by atoms with E-state index in [1.165, 1.54) is 0 Å². The summed E-state index contributed by atoms with van der Waals surface area (Å²) in [5, 5.41) is 1.79. The summed E-state index contributed by atoms with van der Waals surface area (Å²) >= 11 is 0. The highest BCUT2D eigenvalue weighted by Gasteiger charge is 2.30. The lowest BCUT2D eigenvalue weighted by Crippen LogP contribution is -2.34. The number of hydrogen-bond donors (Lipinski definition) is 1. The van der Waals surface area contributed by atoms with Gasteiger partial charge in [0, 0.05) is 18.4 Å². The molecular formula is C13H15F4NO2S. The molecule has 0 heterocycles. The fourth-order valence-corrected chi connectivity index (χ4v) is 3.75. The first-order valence-electron chi connectivity index (χ1n) is 6.48. The molecule has 1 saturated carbocycles. The summed E-state index contributed by atoms with van der Waals surface area (Å²) in [6.07, 6.45) is 2.75. The monoisotopic (exact) mass is 325 g/mol. The van der Waals surface area contributed by atoms with Gasteiger partial charge in [0.25, 0.3) is 0 Å². The Morgan fingerprint density at radius 1 is 1.10 bits per heavy atom. The van der Waals surface area contributed by atoms with Crippen molar-refractivity contribution in [3.05, 3.63) is 29.3 Å². The van der Waals surface area contributed by atoms with Crippen LogP contribution < -0.4 is 5.32 Å². The molecule has 1 aromatic carbocycles. The van der Waals surface area contributed by atoms with Crippen LogP contribution >= 0.6 is 0 Å². The van der Waals surface area contributed by atoms with Crippen LogP contribution in [-0.4, -0.2) is 26.0 Å². The van der Waals surface area contributed by atoms with Crippen LogP contribution in [-0.2, 0) is 9.84 Å². The average molecular weight is 325 g/mol. The fourth-order valence-electron chi connectivity index (χ4n) is 2.57. The quantitative estimate of drug-likeness (QED) is 0.686. The first-order chi connectivity index (χ1) is 9.70. The number of rotatable bonds is 3. The van der Waals surface area contributed by atoms with Crippen LogP contribution in [0.3, 0.4) is 0 Å². The van der Waals surface area contributed by atoms with Gasteiger partial charge in [0.05, 0.1) is 5.25 Å². The Bertz CT molecular complexity index is 622. The minimum atomic E-state index is -3.26. The van der Waals surface area contributed by atoms with Gasteiger partial charge in [-0.25, -0.2) is 26.0 Å². The molecule has 2 atom stereocenters. The van der Waals surface area contributed by atoms with E-state index in [0.717, 1.165) is 6.26 Å². The molecule has 0 aliphatic heterocycles. The smallest absolute Gasteiger partial charge is 0.185 e. The summed E-state index contributed by atoms with van der Waals surface area (Å²) in [5.41, 5.74) is -0.883. The minimum Gasteiger partial charge on any atom is -0.377 e. The Morgan fingerprint density at radius 3 is 2.19 bits per heavy atom. The van der Waals surface area contributed by atoms with Gasteiger partial charge < -0.3 is 5.32 Å². The molecule has 3 nitrogen and oxygen atoms in total. The molecule has 1 aliphatic rings. The van der Waals surface area contributed by atoms with Gasteiger partial charge in [-0.2, -0.15) is 0 Å². The fraction of sp³-hybridized carbons (Fsp3) is 0.538. The molecule has 0 aromatic heterocycles. The molecule has 0 bridgehead atoms. The summed E-state index contributed by atoms with van der Waals surface area (Å²) in [5.74, 6) is -6.00. The zero-order chi connectivity index (χ0) is 15.8. The van der Waals surface area contributed by atoms with Crippen LogP contribution in [0.1, 0.15) is 25.7 Å². The van der Waals surface area contributed by atoms with Gasteiger partial charge in [0.2, 0.25) is 0 Å². The SMILES string of the molecule is CS(=O)(=O)C1CCCC(Nc2c(F)c(F)cc(F)c2F)C1. The van der Waals surface area contributed by atoms with E-state index in [0.29, 0.717) is 19.3 Å². The summed E-state index contributed by atoms with van der Waals surface area (Å²) in [4.78, 5) is 0. The van der Waals surface area contributed by atoms with Crippen molar-refractivity contribution in [3.8, 4) is 0 Å². The third-order valence-corrected chi connectivity index (χ3v) is 5.33. The van der Waals surface area contributed by atoms with E-state index >= 15 is 0 Å². The van der Waals surface area contributed by atoms with E-state index in [9.17, 15) is 26.0 Å². The van der Waals surface area contributed by atoms with E-state index < -0.39 is 50.1 Å². The lowest BCUT2D eigenvalue weighted by atomic mass is 9.94. The second kappa shape index (κ2) is 5.82. The van der Waals surface area contributed by atoms with Gasteiger partial charge in [-0.15, -0.1) is 0 Å². The number of nitrogens with one attached hydrogen (secondary N) is 1. The molecule has 2 rings (SSSR count). The summed E-state index contributed by atoms with van der Waals surface area (Å²) < 4.78 is 76.4. The first-order valence-corrected chi connectivity index (χ1v) is 8.44. The maximum atomic E-state index is 13.6. The van der Waals surface area contributed by atoms with Crippen molar-refractivity contribution in [2.45, 2.75) is 37.0 Å². The van der Waals surface area contributed by atoms with Crippen LogP contribution in [0.4, 0.5) is 23.2 Å². The molecule has 118 valence electrons. The third kappa shape index (κ3) is 3.48. The molecule has 0 amide bonds. The van der Waals surface area contributed by atoms with Crippen molar-refractivity contribution in [2.75, 3.05) is 11.6 Å². The van der Waals surface area contributed by atoms with Crippen molar-refractivity contribution in [2.24, 2.45) is 0 Å². The number of sulfone groups is 1. The molecule has 0 radical (unpaired) electrons. The van der Waals surface area contributed by atoms with E-state index in [2.05, 4.69) is 5.32 Å². The van der Waals surface area contributed by atoms with Gasteiger partial charge in [0.1, 0.15) is 15.5 Å². The van der Waals surface area contributed by atoms with Crippen LogP contribution in [0.25, 0.3) is 0 Å². The second-order valence-corrected chi connectivity index (χ2v) is 7.63. The Kier molecular flexibility index (Phi) is 4.46. The lowest BCUT2D eigenvalue weighted by Gasteiger charge is -2.29. The molecule has 21 heavy (non-hydrogen) atoms. The first kappa shape index (κ1) is 16.1. The normalized spacial score (nSPS) is 23.1. The topological polar surface area (TPSA) is 46.2 Å². The Labute approximate surface area is 120 Å². The predicted octanol–water partition coefficient (Wildman–Crippen LogP) is 3.01. The predicted molar refractivity (Wildman–Crippen MR) is 70.8 cm³/mol. The molecule has 8 heteroatoms. The molecular weight excluding hydrogens is 310 g/mol. The third-order valence-electron chi connectivity index (χ3n) is 3.69. The van der Waals surface area contributed by atoms with Crippen LogP contribution in [0.2, 0.25) is 0 Å². The summed E-state index contributed by atoms with van der Waals surface area (Å²) in [6, 6.07) is -0.417. The molecule has 2 unspecified atom stereocenters. The van der Waals surface area contributed by atoms with Crippen LogP contribution in [0.5, 0.6) is 0 Å². The Morgan fingerprint density at radius 2 is 1.67 bits per heavy atom. The molecule has 1 fully saturated rings. The number of benzene rings is 1. The standard InChI is InChI=1S/C13H15F4NO2S/c1-21(19,20)8-4-2-3-7(5-8)18-13-11(16)9(14)6-10(15)12(13)17/h6-8,18H,2-5H2,1H3. The van der Waals surface area contributed by atoms with Gasteiger partial charge in [-0.3, -0.25) is 0 Å². The zero-order valence-corrected chi connectivity index (χ0v) is 12.1. The van der Waals surface area contributed by atoms with Crippen molar-refractivity contribution in [3.63, 3.8) is 0 Å². The van der Waals surface area contributed by atoms with E-state index in [1.807, 2.05) is 0 Å². The van der Waals surface area contributed by atoms with Crippen molar-refractivity contribution >= 4 is 15.5 Å². The highest BCUT2D eigenvalue weighted by atomic mass is 32.2. The van der Waals surface area contributed by atoms with Crippen LogP contribution in [0.15, 0.2) is 6.07 Å². The Balaban J connectivity index is 2.23. The highest BCUT2D eigenvalue weighted by molar-refractivity contribution is 7.91. The van der Waals surface area contributed by atoms with Gasteiger partial charge in [-0.05, 0) is 19.3 Å². The lowest BCUT2D eigenvalue weighted by molar-refractivity contribution is 0.434. The number of anilines is 1. The summed E-state index contributed by atoms with van der Waals surface area (Å²) in [7, 11) is -3.26.